The molecule has 1 heterocycles. The van der Waals surface area contributed by atoms with Crippen LogP contribution in [0.3, 0.4) is 0 Å². The lowest BCUT2D eigenvalue weighted by Gasteiger charge is -2.23. The van der Waals surface area contributed by atoms with E-state index in [2.05, 4.69) is 4.72 Å². The second-order valence-corrected chi connectivity index (χ2v) is 8.29. The summed E-state index contributed by atoms with van der Waals surface area (Å²) in [7, 11) is -3.74. The van der Waals surface area contributed by atoms with Crippen LogP contribution in [0.25, 0.3) is 0 Å². The molecule has 1 unspecified atom stereocenters. The predicted molar refractivity (Wildman–Crippen MR) is 102 cm³/mol. The topological polar surface area (TPSA) is 92.5 Å². The lowest BCUT2D eigenvalue weighted by Crippen LogP contribution is -2.39. The van der Waals surface area contributed by atoms with Crippen molar-refractivity contribution < 1.29 is 13.2 Å². The molecule has 138 valence electrons. The van der Waals surface area contributed by atoms with Crippen LogP contribution in [0.2, 0.25) is 5.02 Å². The van der Waals surface area contributed by atoms with Crippen molar-refractivity contribution in [1.82, 2.24) is 4.90 Å². The zero-order valence-corrected chi connectivity index (χ0v) is 15.6. The highest BCUT2D eigenvalue weighted by atomic mass is 35.5. The average molecular weight is 394 g/mol. The zero-order valence-electron chi connectivity index (χ0n) is 14.1. The van der Waals surface area contributed by atoms with Gasteiger partial charge in [-0.3, -0.25) is 9.52 Å². The van der Waals surface area contributed by atoms with Crippen LogP contribution >= 0.6 is 11.6 Å². The molecule has 3 rings (SSSR count). The molecule has 0 radical (unpaired) electrons. The molecule has 1 aliphatic rings. The van der Waals surface area contributed by atoms with Gasteiger partial charge in [0.25, 0.3) is 15.9 Å². The fourth-order valence-corrected chi connectivity index (χ4v) is 4.21. The summed E-state index contributed by atoms with van der Waals surface area (Å²) in [5.41, 5.74) is 6.58. The maximum Gasteiger partial charge on any atom is 0.261 e. The highest BCUT2D eigenvalue weighted by Crippen LogP contribution is 2.22. The van der Waals surface area contributed by atoms with Gasteiger partial charge in [0, 0.05) is 35.4 Å². The molecule has 1 amide bonds. The predicted octanol–water partition coefficient (Wildman–Crippen LogP) is 2.70. The second-order valence-electron chi connectivity index (χ2n) is 6.17. The van der Waals surface area contributed by atoms with Crippen LogP contribution in [-0.2, 0) is 10.0 Å². The second kappa shape index (κ2) is 7.65. The van der Waals surface area contributed by atoms with E-state index in [1.54, 1.807) is 29.2 Å². The highest BCUT2D eigenvalue weighted by molar-refractivity contribution is 7.92. The van der Waals surface area contributed by atoms with Gasteiger partial charge < -0.3 is 10.6 Å². The van der Waals surface area contributed by atoms with Crippen LogP contribution in [0.4, 0.5) is 5.69 Å². The van der Waals surface area contributed by atoms with Gasteiger partial charge in [-0.05, 0) is 61.4 Å². The number of nitrogens with two attached hydrogens (primary N) is 1. The van der Waals surface area contributed by atoms with Crippen LogP contribution < -0.4 is 10.5 Å². The molecule has 2 aromatic carbocycles. The highest BCUT2D eigenvalue weighted by Gasteiger charge is 2.28. The Morgan fingerprint density at radius 3 is 2.42 bits per heavy atom. The van der Waals surface area contributed by atoms with Crippen LogP contribution in [-0.4, -0.2) is 38.4 Å². The molecule has 1 atom stereocenters. The molecular weight excluding hydrogens is 374 g/mol. The summed E-state index contributed by atoms with van der Waals surface area (Å²) >= 11 is 5.80. The number of amides is 1. The molecule has 6 nitrogen and oxygen atoms in total. The van der Waals surface area contributed by atoms with Crippen molar-refractivity contribution in [2.24, 2.45) is 5.73 Å². The lowest BCUT2D eigenvalue weighted by atomic mass is 10.1. The van der Waals surface area contributed by atoms with Crippen molar-refractivity contribution in [3.63, 3.8) is 0 Å². The number of carbonyl (C=O) groups excluding carboxylic acids is 1. The van der Waals surface area contributed by atoms with Gasteiger partial charge in [0.1, 0.15) is 0 Å². The van der Waals surface area contributed by atoms with E-state index in [9.17, 15) is 13.2 Å². The molecule has 2 aromatic rings. The number of carbonyl (C=O) groups is 1. The minimum Gasteiger partial charge on any atom is -0.334 e. The van der Waals surface area contributed by atoms with Gasteiger partial charge in [-0.1, -0.05) is 11.6 Å². The number of hydrogen-bond acceptors (Lipinski definition) is 4. The summed E-state index contributed by atoms with van der Waals surface area (Å²) in [6.07, 6.45) is 1.84. The van der Waals surface area contributed by atoms with Crippen molar-refractivity contribution in [1.29, 1.82) is 0 Å². The minimum absolute atomic E-state index is 0.0532. The van der Waals surface area contributed by atoms with Crippen molar-refractivity contribution in [3.8, 4) is 0 Å². The van der Waals surface area contributed by atoms with Crippen LogP contribution in [0.5, 0.6) is 0 Å². The number of nitrogens with zero attached hydrogens (tertiary/aromatic N) is 1. The van der Waals surface area contributed by atoms with Crippen molar-refractivity contribution >= 4 is 33.2 Å². The first-order valence-electron chi connectivity index (χ1n) is 8.30. The summed E-state index contributed by atoms with van der Waals surface area (Å²) in [5.74, 6) is -0.118. The Morgan fingerprint density at radius 1 is 1.15 bits per heavy atom. The molecule has 26 heavy (non-hydrogen) atoms. The molecule has 1 saturated heterocycles. The number of halogens is 1. The molecule has 3 N–H and O–H groups in total. The summed E-state index contributed by atoms with van der Waals surface area (Å²) in [6, 6.07) is 12.3. The molecule has 1 aliphatic heterocycles. The van der Waals surface area contributed by atoms with Crippen molar-refractivity contribution in [2.75, 3.05) is 17.8 Å². The maximum absolute atomic E-state index is 12.6. The Balaban J connectivity index is 1.76. The van der Waals surface area contributed by atoms with E-state index < -0.39 is 10.0 Å². The molecule has 0 saturated carbocycles. The fraction of sp³-hybridized carbons (Fsp3) is 0.278. The molecule has 0 aliphatic carbocycles. The summed E-state index contributed by atoms with van der Waals surface area (Å²) in [6.45, 7) is 1.11. The fourth-order valence-electron chi connectivity index (χ4n) is 3.02. The Labute approximate surface area is 158 Å². The zero-order chi connectivity index (χ0) is 18.7. The number of rotatable bonds is 5. The van der Waals surface area contributed by atoms with E-state index in [-0.39, 0.29) is 16.8 Å². The Hall–Kier alpha value is -2.09. The average Bonchev–Trinajstić information content (AvgIpc) is 3.12. The third-order valence-electron chi connectivity index (χ3n) is 4.42. The first kappa shape index (κ1) is 18.7. The van der Waals surface area contributed by atoms with Gasteiger partial charge in [0.15, 0.2) is 0 Å². The van der Waals surface area contributed by atoms with Gasteiger partial charge in [-0.2, -0.15) is 0 Å². The Kier molecular flexibility index (Phi) is 5.50. The van der Waals surface area contributed by atoms with E-state index in [0.717, 1.165) is 12.8 Å². The number of benzene rings is 2. The standard InChI is InChI=1S/C18H20ClN3O3S/c19-14-5-7-15(8-6-14)21-26(24,25)17-9-3-13(4-10-17)18(23)22-11-1-2-16(22)12-20/h3-10,16,21H,1-2,11-12,20H2. The smallest absolute Gasteiger partial charge is 0.261 e. The van der Waals surface area contributed by atoms with E-state index >= 15 is 0 Å². The van der Waals surface area contributed by atoms with Crippen LogP contribution in [0, 0.1) is 0 Å². The monoisotopic (exact) mass is 393 g/mol. The van der Waals surface area contributed by atoms with Crippen molar-refractivity contribution in [3.05, 3.63) is 59.1 Å². The number of sulfonamides is 1. The number of likely N-dealkylation sites (tertiary alicyclic amines) is 1. The molecule has 8 heteroatoms. The lowest BCUT2D eigenvalue weighted by molar-refractivity contribution is 0.0741. The first-order chi connectivity index (χ1) is 12.4. The third kappa shape index (κ3) is 4.00. The van der Waals surface area contributed by atoms with Crippen molar-refractivity contribution in [2.45, 2.75) is 23.8 Å². The molecule has 0 spiro atoms. The van der Waals surface area contributed by atoms with Gasteiger partial charge in [0.05, 0.1) is 4.90 Å². The molecular formula is C18H20ClN3O3S. The van der Waals surface area contributed by atoms with Gasteiger partial charge in [0.2, 0.25) is 0 Å². The largest absolute Gasteiger partial charge is 0.334 e. The summed E-state index contributed by atoms with van der Waals surface area (Å²) < 4.78 is 27.4. The molecule has 0 aromatic heterocycles. The normalized spacial score (nSPS) is 17.3. The van der Waals surface area contributed by atoms with E-state index in [4.69, 9.17) is 17.3 Å². The molecule has 1 fully saturated rings. The number of nitrogens with one attached hydrogen (secondary N) is 1. The maximum atomic E-state index is 12.6. The number of hydrogen-bond donors (Lipinski definition) is 2. The Morgan fingerprint density at radius 2 is 1.81 bits per heavy atom. The number of anilines is 1. The van der Waals surface area contributed by atoms with E-state index in [0.29, 0.717) is 29.4 Å². The third-order valence-corrected chi connectivity index (χ3v) is 6.07. The Bertz CT molecular complexity index is 883. The van der Waals surface area contributed by atoms with Crippen LogP contribution in [0.1, 0.15) is 23.2 Å². The van der Waals surface area contributed by atoms with Crippen LogP contribution in [0.15, 0.2) is 53.4 Å². The molecule has 0 bridgehead atoms. The summed E-state index contributed by atoms with van der Waals surface area (Å²) in [4.78, 5) is 14.4. The van der Waals surface area contributed by atoms with Gasteiger partial charge in [-0.15, -0.1) is 0 Å². The van der Waals surface area contributed by atoms with E-state index in [1.165, 1.54) is 24.3 Å². The quantitative estimate of drug-likeness (QED) is 0.816. The van der Waals surface area contributed by atoms with Gasteiger partial charge in [-0.25, -0.2) is 8.42 Å². The summed E-state index contributed by atoms with van der Waals surface area (Å²) in [5, 5.41) is 0.522. The SMILES string of the molecule is NCC1CCCN1C(=O)c1ccc(S(=O)(=O)Nc2ccc(Cl)cc2)cc1. The minimum atomic E-state index is -3.74. The first-order valence-corrected chi connectivity index (χ1v) is 10.2. The van der Waals surface area contributed by atoms with E-state index in [1.807, 2.05) is 0 Å². The van der Waals surface area contributed by atoms with Gasteiger partial charge >= 0.3 is 0 Å².